The quantitative estimate of drug-likeness (QED) is 0.499. The summed E-state index contributed by atoms with van der Waals surface area (Å²) in [5.74, 6) is -5.41. The van der Waals surface area contributed by atoms with Gasteiger partial charge in [-0.2, -0.15) is 22.0 Å². The maximum Gasteiger partial charge on any atom is 0.407 e. The van der Waals surface area contributed by atoms with Gasteiger partial charge in [0.05, 0.1) is 11.5 Å². The number of ether oxygens (including phenoxy) is 1. The van der Waals surface area contributed by atoms with E-state index in [0.717, 1.165) is 36.4 Å². The lowest BCUT2D eigenvalue weighted by molar-refractivity contribution is -0.162. The predicted octanol–water partition coefficient (Wildman–Crippen LogP) is 3.69. The number of carbonyl (C=O) groups is 1. The summed E-state index contributed by atoms with van der Waals surface area (Å²) in [5, 5.41) is 11.0. The maximum absolute atomic E-state index is 13.5. The van der Waals surface area contributed by atoms with Crippen molar-refractivity contribution in [3.63, 3.8) is 0 Å². The molecule has 1 unspecified atom stereocenters. The first-order valence-electron chi connectivity index (χ1n) is 8.82. The molecule has 6 nitrogen and oxygen atoms in total. The molecule has 2 aromatic rings. The Labute approximate surface area is 178 Å². The van der Waals surface area contributed by atoms with Crippen LogP contribution in [0.5, 0.6) is 5.75 Å². The molecule has 0 bridgehead atoms. The van der Waals surface area contributed by atoms with Gasteiger partial charge < -0.3 is 9.84 Å². The van der Waals surface area contributed by atoms with E-state index in [4.69, 9.17) is 0 Å². The van der Waals surface area contributed by atoms with Crippen LogP contribution in [0.25, 0.3) is 0 Å². The Bertz CT molecular complexity index is 1030. The summed E-state index contributed by atoms with van der Waals surface area (Å²) in [6.07, 6.45) is -5.03. The number of hydrogen-bond donors (Lipinski definition) is 2. The van der Waals surface area contributed by atoms with Crippen LogP contribution in [-0.2, 0) is 20.4 Å². The van der Waals surface area contributed by atoms with E-state index in [2.05, 4.69) is 4.74 Å². The van der Waals surface area contributed by atoms with Crippen molar-refractivity contribution in [3.8, 4) is 5.75 Å². The Morgan fingerprint density at radius 1 is 1.06 bits per heavy atom. The molecule has 0 heterocycles. The van der Waals surface area contributed by atoms with Crippen molar-refractivity contribution in [2.75, 3.05) is 5.75 Å². The van der Waals surface area contributed by atoms with Crippen molar-refractivity contribution in [1.29, 1.82) is 0 Å². The Morgan fingerprint density at radius 2 is 1.66 bits per heavy atom. The highest BCUT2D eigenvalue weighted by molar-refractivity contribution is 7.90. The molecule has 0 aliphatic heterocycles. The number of alkyl halides is 5. The van der Waals surface area contributed by atoms with E-state index in [1.165, 1.54) is 12.1 Å². The smallest absolute Gasteiger partial charge is 0.407 e. The monoisotopic (exact) mass is 485 g/mol. The second-order valence-corrected chi connectivity index (χ2v) is 8.73. The van der Waals surface area contributed by atoms with E-state index < -0.39 is 69.3 Å². The number of para-hydroxylation sites is 1. The zero-order valence-electron chi connectivity index (χ0n) is 16.0. The molecule has 0 fully saturated rings. The van der Waals surface area contributed by atoms with E-state index in [-0.39, 0.29) is 5.56 Å². The molecule has 0 radical (unpaired) electrons. The number of carboxylic acids is 1. The lowest BCUT2D eigenvalue weighted by Gasteiger charge is -2.26. The molecule has 0 aliphatic rings. The molecule has 2 atom stereocenters. The molecule has 0 spiro atoms. The standard InChI is InChI=1S/C19H17F6NO5S/c20-13-7-5-11(6-8-13)16(19(23,24)25)26-14(17(27)28)10-32(29,30)9-12-3-1-2-4-15(12)31-18(21)22/h1-8,14,16,18,26H,9-10H2,(H,27,28)/t14?,16-/m1/s1. The third-order valence-electron chi connectivity index (χ3n) is 4.18. The fraction of sp³-hybridized carbons (Fsp3) is 0.316. The summed E-state index contributed by atoms with van der Waals surface area (Å²) in [6, 6.07) is 3.07. The van der Waals surface area contributed by atoms with Crippen molar-refractivity contribution < 1.29 is 49.4 Å². The van der Waals surface area contributed by atoms with Crippen LogP contribution in [-0.4, -0.2) is 44.1 Å². The van der Waals surface area contributed by atoms with Gasteiger partial charge >= 0.3 is 18.8 Å². The van der Waals surface area contributed by atoms with Crippen LogP contribution >= 0.6 is 0 Å². The van der Waals surface area contributed by atoms with Crippen molar-refractivity contribution >= 4 is 15.8 Å². The predicted molar refractivity (Wildman–Crippen MR) is 100 cm³/mol. The zero-order valence-corrected chi connectivity index (χ0v) is 16.8. The van der Waals surface area contributed by atoms with E-state index in [1.54, 1.807) is 5.32 Å². The summed E-state index contributed by atoms with van der Waals surface area (Å²) in [7, 11) is -4.41. The average Bonchev–Trinajstić information content (AvgIpc) is 2.66. The average molecular weight is 485 g/mol. The normalized spacial score (nSPS) is 14.2. The molecule has 0 saturated carbocycles. The fourth-order valence-corrected chi connectivity index (χ4v) is 4.39. The first-order chi connectivity index (χ1) is 14.8. The van der Waals surface area contributed by atoms with Crippen LogP contribution in [0.15, 0.2) is 48.5 Å². The van der Waals surface area contributed by atoms with E-state index in [9.17, 15) is 44.7 Å². The number of hydrogen-bond acceptors (Lipinski definition) is 5. The SMILES string of the molecule is O=C(O)C(CS(=O)(=O)Cc1ccccc1OC(F)F)N[C@H](c1ccc(F)cc1)C(F)(F)F. The zero-order chi connectivity index (χ0) is 24.1. The Hall–Kier alpha value is -2.80. The second-order valence-electron chi connectivity index (χ2n) is 6.62. The number of aliphatic carboxylic acids is 1. The Balaban J connectivity index is 2.27. The summed E-state index contributed by atoms with van der Waals surface area (Å²) in [5.41, 5.74) is -0.749. The highest BCUT2D eigenvalue weighted by Gasteiger charge is 2.43. The highest BCUT2D eigenvalue weighted by atomic mass is 32.2. The van der Waals surface area contributed by atoms with Crippen LogP contribution in [0.2, 0.25) is 0 Å². The highest BCUT2D eigenvalue weighted by Crippen LogP contribution is 2.33. The third kappa shape index (κ3) is 7.41. The lowest BCUT2D eigenvalue weighted by atomic mass is 10.1. The van der Waals surface area contributed by atoms with Gasteiger partial charge in [0.2, 0.25) is 0 Å². The lowest BCUT2D eigenvalue weighted by Crippen LogP contribution is -2.48. The van der Waals surface area contributed by atoms with Crippen molar-refractivity contribution in [1.82, 2.24) is 5.32 Å². The number of halogens is 6. The molecular formula is C19H17F6NO5S. The number of benzene rings is 2. The topological polar surface area (TPSA) is 92.7 Å². The minimum Gasteiger partial charge on any atom is -0.480 e. The fourth-order valence-electron chi connectivity index (χ4n) is 2.81. The van der Waals surface area contributed by atoms with Crippen LogP contribution in [0.4, 0.5) is 26.3 Å². The van der Waals surface area contributed by atoms with E-state index in [0.29, 0.717) is 0 Å². The van der Waals surface area contributed by atoms with E-state index >= 15 is 0 Å². The minimum atomic E-state index is -5.03. The Kier molecular flexibility index (Phi) is 8.13. The van der Waals surface area contributed by atoms with Gasteiger partial charge in [0, 0.05) is 5.56 Å². The molecule has 0 aromatic heterocycles. The molecule has 32 heavy (non-hydrogen) atoms. The molecule has 2 rings (SSSR count). The number of sulfone groups is 1. The summed E-state index contributed by atoms with van der Waals surface area (Å²) >= 11 is 0. The summed E-state index contributed by atoms with van der Waals surface area (Å²) in [4.78, 5) is 11.5. The van der Waals surface area contributed by atoms with Crippen molar-refractivity contribution in [2.45, 2.75) is 30.6 Å². The number of rotatable bonds is 10. The van der Waals surface area contributed by atoms with Gasteiger partial charge in [0.15, 0.2) is 9.84 Å². The van der Waals surface area contributed by atoms with Gasteiger partial charge in [-0.15, -0.1) is 0 Å². The molecule has 2 aromatic carbocycles. The first-order valence-corrected chi connectivity index (χ1v) is 10.6. The van der Waals surface area contributed by atoms with Gasteiger partial charge in [-0.1, -0.05) is 30.3 Å². The van der Waals surface area contributed by atoms with Crippen LogP contribution in [0, 0.1) is 5.82 Å². The van der Waals surface area contributed by atoms with Gasteiger partial charge in [-0.3, -0.25) is 10.1 Å². The molecule has 0 amide bonds. The molecule has 2 N–H and O–H groups in total. The van der Waals surface area contributed by atoms with Gasteiger partial charge in [-0.25, -0.2) is 12.8 Å². The molecular weight excluding hydrogens is 468 g/mol. The molecule has 176 valence electrons. The van der Waals surface area contributed by atoms with Crippen LogP contribution < -0.4 is 10.1 Å². The number of carboxylic acid groups (broad SMARTS) is 1. The van der Waals surface area contributed by atoms with Crippen molar-refractivity contribution in [2.24, 2.45) is 0 Å². The molecule has 0 aliphatic carbocycles. The van der Waals surface area contributed by atoms with Gasteiger partial charge in [0.1, 0.15) is 23.7 Å². The summed E-state index contributed by atoms with van der Waals surface area (Å²) < 4.78 is 108. The van der Waals surface area contributed by atoms with Crippen molar-refractivity contribution in [3.05, 3.63) is 65.5 Å². The maximum atomic E-state index is 13.5. The van der Waals surface area contributed by atoms with Gasteiger partial charge in [0.25, 0.3) is 0 Å². The number of nitrogens with one attached hydrogen (secondary N) is 1. The second kappa shape index (κ2) is 10.2. The van der Waals surface area contributed by atoms with Crippen LogP contribution in [0.1, 0.15) is 17.2 Å². The summed E-state index contributed by atoms with van der Waals surface area (Å²) in [6.45, 7) is -3.25. The largest absolute Gasteiger partial charge is 0.480 e. The minimum absolute atomic E-state index is 0.220. The van der Waals surface area contributed by atoms with Crippen LogP contribution in [0.3, 0.4) is 0 Å². The molecule has 13 heteroatoms. The van der Waals surface area contributed by atoms with Gasteiger partial charge in [-0.05, 0) is 23.8 Å². The van der Waals surface area contributed by atoms with E-state index in [1.807, 2.05) is 0 Å². The first kappa shape index (κ1) is 25.5. The molecule has 0 saturated heterocycles. The third-order valence-corrected chi connectivity index (χ3v) is 5.77. The Morgan fingerprint density at radius 3 is 2.19 bits per heavy atom.